The molecule has 5 nitrogen and oxygen atoms in total. The Morgan fingerprint density at radius 2 is 2.33 bits per heavy atom. The van der Waals surface area contributed by atoms with Crippen LogP contribution in [0.1, 0.15) is 19.3 Å². The number of benzene rings is 1. The number of halogens is 1. The van der Waals surface area contributed by atoms with Crippen LogP contribution in [-0.2, 0) is 4.74 Å². The van der Waals surface area contributed by atoms with Gasteiger partial charge >= 0.3 is 5.69 Å². The largest absolute Gasteiger partial charge is 0.484 e. The van der Waals surface area contributed by atoms with Crippen LogP contribution in [0, 0.1) is 15.9 Å². The second kappa shape index (κ2) is 5.77. The first-order valence-corrected chi connectivity index (χ1v) is 5.85. The lowest BCUT2D eigenvalue weighted by Gasteiger charge is -2.22. The van der Waals surface area contributed by atoms with Crippen molar-refractivity contribution in [3.63, 3.8) is 0 Å². The highest BCUT2D eigenvalue weighted by atomic mass is 19.1. The molecule has 0 aliphatic carbocycles. The first kappa shape index (κ1) is 12.8. The summed E-state index contributed by atoms with van der Waals surface area (Å²) in [6, 6.07) is 3.28. The minimum atomic E-state index is -0.653. The SMILES string of the molecule is O=[N+]([O-])c1cc(F)ccc1OCC1CCCCO1. The Hall–Kier alpha value is -1.69. The molecule has 0 bridgehead atoms. The molecule has 1 saturated heterocycles. The topological polar surface area (TPSA) is 61.6 Å². The maximum absolute atomic E-state index is 12.9. The molecule has 0 aromatic heterocycles. The minimum Gasteiger partial charge on any atom is -0.484 e. The van der Waals surface area contributed by atoms with Crippen molar-refractivity contribution in [2.24, 2.45) is 0 Å². The van der Waals surface area contributed by atoms with Crippen LogP contribution < -0.4 is 4.74 Å². The molecule has 1 aromatic rings. The van der Waals surface area contributed by atoms with E-state index in [2.05, 4.69) is 0 Å². The molecule has 98 valence electrons. The smallest absolute Gasteiger partial charge is 0.313 e. The number of hydrogen-bond acceptors (Lipinski definition) is 4. The molecule has 0 spiro atoms. The van der Waals surface area contributed by atoms with E-state index in [-0.39, 0.29) is 24.1 Å². The van der Waals surface area contributed by atoms with E-state index in [1.165, 1.54) is 6.07 Å². The molecule has 1 aliphatic rings. The van der Waals surface area contributed by atoms with Gasteiger partial charge in [0, 0.05) is 6.61 Å². The van der Waals surface area contributed by atoms with Gasteiger partial charge in [-0.1, -0.05) is 0 Å². The molecule has 1 aliphatic heterocycles. The van der Waals surface area contributed by atoms with E-state index in [9.17, 15) is 14.5 Å². The number of rotatable bonds is 4. The van der Waals surface area contributed by atoms with E-state index in [1.807, 2.05) is 0 Å². The van der Waals surface area contributed by atoms with Crippen molar-refractivity contribution >= 4 is 5.69 Å². The predicted molar refractivity (Wildman–Crippen MR) is 62.1 cm³/mol. The van der Waals surface area contributed by atoms with Crippen LogP contribution in [0.15, 0.2) is 18.2 Å². The minimum absolute atomic E-state index is 0.0385. The first-order valence-electron chi connectivity index (χ1n) is 5.85. The van der Waals surface area contributed by atoms with E-state index in [1.54, 1.807) is 0 Å². The summed E-state index contributed by atoms with van der Waals surface area (Å²) in [5.74, 6) is -0.571. The summed E-state index contributed by atoms with van der Waals surface area (Å²) in [6.45, 7) is 0.950. The Bertz CT molecular complexity index is 432. The van der Waals surface area contributed by atoms with Gasteiger partial charge < -0.3 is 9.47 Å². The molecule has 1 unspecified atom stereocenters. The zero-order chi connectivity index (χ0) is 13.0. The van der Waals surface area contributed by atoms with Crippen molar-refractivity contribution in [1.29, 1.82) is 0 Å². The van der Waals surface area contributed by atoms with Gasteiger partial charge in [0.05, 0.1) is 17.1 Å². The van der Waals surface area contributed by atoms with Gasteiger partial charge in [0.15, 0.2) is 5.75 Å². The summed E-state index contributed by atoms with van der Waals surface area (Å²) in [6.07, 6.45) is 2.95. The van der Waals surface area contributed by atoms with Gasteiger partial charge in [-0.05, 0) is 31.4 Å². The predicted octanol–water partition coefficient (Wildman–Crippen LogP) is 2.68. The molecule has 18 heavy (non-hydrogen) atoms. The molecular formula is C12H14FNO4. The van der Waals surface area contributed by atoms with Gasteiger partial charge in [-0.25, -0.2) is 4.39 Å². The van der Waals surface area contributed by atoms with E-state index < -0.39 is 10.7 Å². The fraction of sp³-hybridized carbons (Fsp3) is 0.500. The quantitative estimate of drug-likeness (QED) is 0.613. The van der Waals surface area contributed by atoms with Gasteiger partial charge in [-0.3, -0.25) is 10.1 Å². The van der Waals surface area contributed by atoms with Gasteiger partial charge in [0.2, 0.25) is 0 Å². The van der Waals surface area contributed by atoms with E-state index >= 15 is 0 Å². The molecule has 1 heterocycles. The van der Waals surface area contributed by atoms with Gasteiger partial charge in [0.25, 0.3) is 0 Å². The third-order valence-electron chi connectivity index (χ3n) is 2.82. The maximum Gasteiger partial charge on any atom is 0.313 e. The molecule has 1 atom stereocenters. The molecule has 0 radical (unpaired) electrons. The maximum atomic E-state index is 12.9. The molecule has 0 saturated carbocycles. The van der Waals surface area contributed by atoms with E-state index in [4.69, 9.17) is 9.47 Å². The molecular weight excluding hydrogens is 241 g/mol. The zero-order valence-corrected chi connectivity index (χ0v) is 9.80. The van der Waals surface area contributed by atoms with Crippen LogP contribution >= 0.6 is 0 Å². The summed E-state index contributed by atoms with van der Waals surface area (Å²) in [5, 5.41) is 10.8. The molecule has 0 N–H and O–H groups in total. The van der Waals surface area contributed by atoms with Crippen LogP contribution in [0.4, 0.5) is 10.1 Å². The van der Waals surface area contributed by atoms with Crippen molar-refractivity contribution in [3.05, 3.63) is 34.1 Å². The number of nitro groups is 1. The first-order chi connectivity index (χ1) is 8.66. The highest BCUT2D eigenvalue weighted by Crippen LogP contribution is 2.28. The van der Waals surface area contributed by atoms with Crippen molar-refractivity contribution in [1.82, 2.24) is 0 Å². The van der Waals surface area contributed by atoms with Crippen LogP contribution in [0.2, 0.25) is 0 Å². The number of nitrogens with zero attached hydrogens (tertiary/aromatic N) is 1. The Balaban J connectivity index is 2.01. The molecule has 6 heteroatoms. The van der Waals surface area contributed by atoms with E-state index in [0.29, 0.717) is 6.61 Å². The Kier molecular flexibility index (Phi) is 4.09. The summed E-state index contributed by atoms with van der Waals surface area (Å²) < 4.78 is 23.7. The van der Waals surface area contributed by atoms with Crippen LogP contribution in [0.3, 0.4) is 0 Å². The average molecular weight is 255 g/mol. The van der Waals surface area contributed by atoms with Crippen molar-refractivity contribution in [3.8, 4) is 5.75 Å². The lowest BCUT2D eigenvalue weighted by atomic mass is 10.1. The lowest BCUT2D eigenvalue weighted by Crippen LogP contribution is -2.25. The second-order valence-corrected chi connectivity index (χ2v) is 4.17. The summed E-state index contributed by atoms with van der Waals surface area (Å²) in [4.78, 5) is 10.1. The molecule has 1 fully saturated rings. The second-order valence-electron chi connectivity index (χ2n) is 4.17. The van der Waals surface area contributed by atoms with Crippen LogP contribution in [0.25, 0.3) is 0 Å². The summed E-state index contributed by atoms with van der Waals surface area (Å²) in [5.41, 5.74) is -0.356. The lowest BCUT2D eigenvalue weighted by molar-refractivity contribution is -0.386. The van der Waals surface area contributed by atoms with Crippen molar-refractivity contribution in [2.75, 3.05) is 13.2 Å². The average Bonchev–Trinajstić information content (AvgIpc) is 2.38. The van der Waals surface area contributed by atoms with Crippen LogP contribution in [-0.4, -0.2) is 24.2 Å². The monoisotopic (exact) mass is 255 g/mol. The third kappa shape index (κ3) is 3.16. The summed E-state index contributed by atoms with van der Waals surface area (Å²) in [7, 11) is 0. The Morgan fingerprint density at radius 1 is 1.50 bits per heavy atom. The zero-order valence-electron chi connectivity index (χ0n) is 9.80. The van der Waals surface area contributed by atoms with Crippen LogP contribution in [0.5, 0.6) is 5.75 Å². The van der Waals surface area contributed by atoms with Crippen molar-refractivity contribution < 1.29 is 18.8 Å². The van der Waals surface area contributed by atoms with Crippen molar-refractivity contribution in [2.45, 2.75) is 25.4 Å². The van der Waals surface area contributed by atoms with Gasteiger partial charge in [-0.15, -0.1) is 0 Å². The van der Waals surface area contributed by atoms with E-state index in [0.717, 1.165) is 31.4 Å². The van der Waals surface area contributed by atoms with Gasteiger partial charge in [0.1, 0.15) is 12.4 Å². The number of hydrogen-bond donors (Lipinski definition) is 0. The molecule has 1 aromatic carbocycles. The molecule has 0 amide bonds. The Morgan fingerprint density at radius 3 is 3.00 bits per heavy atom. The fourth-order valence-corrected chi connectivity index (χ4v) is 1.88. The highest BCUT2D eigenvalue weighted by Gasteiger charge is 2.19. The fourth-order valence-electron chi connectivity index (χ4n) is 1.88. The standard InChI is InChI=1S/C12H14FNO4/c13-9-4-5-12(11(7-9)14(15)16)18-8-10-3-1-2-6-17-10/h4-5,7,10H,1-3,6,8H2. The number of ether oxygens (including phenoxy) is 2. The number of nitro benzene ring substituents is 1. The Labute approximate surface area is 104 Å². The normalized spacial score (nSPS) is 19.5. The third-order valence-corrected chi connectivity index (χ3v) is 2.82. The highest BCUT2D eigenvalue weighted by molar-refractivity contribution is 5.46. The summed E-state index contributed by atoms with van der Waals surface area (Å²) >= 11 is 0. The van der Waals surface area contributed by atoms with Gasteiger partial charge in [-0.2, -0.15) is 0 Å². The molecule has 2 rings (SSSR count).